The first kappa shape index (κ1) is 22.1. The van der Waals surface area contributed by atoms with Gasteiger partial charge < -0.3 is 33.5 Å². The molecular weight excluding hydrogens is 470 g/mol. The van der Waals surface area contributed by atoms with Crippen LogP contribution in [0.4, 0.5) is 0 Å². The summed E-state index contributed by atoms with van der Waals surface area (Å²) < 4.78 is 37.4. The van der Waals surface area contributed by atoms with E-state index in [9.17, 15) is 9.90 Å². The van der Waals surface area contributed by atoms with Crippen LogP contribution in [0.2, 0.25) is 0 Å². The lowest BCUT2D eigenvalue weighted by atomic mass is 9.78. The van der Waals surface area contributed by atoms with E-state index >= 15 is 0 Å². The molecule has 1 spiro atoms. The number of fused-ring (bicyclic) bond motifs is 7. The lowest BCUT2D eigenvalue weighted by Crippen LogP contribution is -2.68. The van der Waals surface area contributed by atoms with Crippen molar-refractivity contribution >= 4 is 16.6 Å². The summed E-state index contributed by atoms with van der Waals surface area (Å²) in [7, 11) is 3.09. The van der Waals surface area contributed by atoms with Crippen LogP contribution in [0.15, 0.2) is 11.2 Å². The first-order valence-electron chi connectivity index (χ1n) is 12.0. The van der Waals surface area contributed by atoms with Gasteiger partial charge in [0.15, 0.2) is 23.3 Å². The predicted octanol–water partition coefficient (Wildman–Crippen LogP) is 3.75. The van der Waals surface area contributed by atoms with Crippen LogP contribution in [0, 0.1) is 6.92 Å². The fourth-order valence-electron chi connectivity index (χ4n) is 6.85. The number of aromatic hydroxyl groups is 1. The number of benzene rings is 2. The highest BCUT2D eigenvalue weighted by Crippen LogP contribution is 2.66. The van der Waals surface area contributed by atoms with Gasteiger partial charge in [0.1, 0.15) is 23.4 Å². The maximum Gasteiger partial charge on any atom is 0.271 e. The van der Waals surface area contributed by atoms with Gasteiger partial charge in [-0.2, -0.15) is 0 Å². The number of aryl methyl sites for hydroxylation is 1. The molecule has 1 aliphatic carbocycles. The molecule has 2 aromatic carbocycles. The third-order valence-electron chi connectivity index (χ3n) is 8.37. The first-order valence-corrected chi connectivity index (χ1v) is 12.0. The molecule has 5 atom stereocenters. The summed E-state index contributed by atoms with van der Waals surface area (Å²) in [5, 5.41) is 16.3. The van der Waals surface area contributed by atoms with Gasteiger partial charge in [0.05, 0.1) is 31.2 Å². The van der Waals surface area contributed by atoms with E-state index in [1.165, 1.54) is 7.11 Å². The summed E-state index contributed by atoms with van der Waals surface area (Å²) in [5.41, 5.74) is 10.6. The molecule has 3 unspecified atom stereocenters. The lowest BCUT2D eigenvalue weighted by molar-refractivity contribution is -0.323. The summed E-state index contributed by atoms with van der Waals surface area (Å²) in [6.07, 6.45) is 0.573. The minimum absolute atomic E-state index is 0.0373. The smallest absolute Gasteiger partial charge is 0.271 e. The molecule has 2 aromatic rings. The number of phenols is 1. The normalized spacial score (nSPS) is 35.1. The van der Waals surface area contributed by atoms with Crippen LogP contribution in [-0.4, -0.2) is 61.5 Å². The molecule has 0 amide bonds. The molecule has 4 aliphatic heterocycles. The Hall–Kier alpha value is -3.08. The van der Waals surface area contributed by atoms with Gasteiger partial charge in [-0.1, -0.05) is 5.11 Å². The number of nitrogens with zero attached hydrogens (tertiary/aromatic N) is 3. The fraction of sp³-hybridized carbons (Fsp3) is 0.560. The van der Waals surface area contributed by atoms with Gasteiger partial charge in [-0.25, -0.2) is 0 Å². The van der Waals surface area contributed by atoms with Gasteiger partial charge in [-0.15, -0.1) is 0 Å². The van der Waals surface area contributed by atoms with E-state index in [1.807, 2.05) is 13.0 Å². The van der Waals surface area contributed by atoms with Crippen LogP contribution in [-0.2, 0) is 25.4 Å². The largest absolute Gasteiger partial charge is 0.506 e. The van der Waals surface area contributed by atoms with Crippen molar-refractivity contribution in [3.8, 4) is 17.2 Å². The quantitative estimate of drug-likeness (QED) is 0.292. The van der Waals surface area contributed by atoms with E-state index in [-0.39, 0.29) is 30.1 Å². The number of ketones is 1. The van der Waals surface area contributed by atoms with Gasteiger partial charge >= 0.3 is 0 Å². The highest BCUT2D eigenvalue weighted by Gasteiger charge is 2.81. The molecule has 1 N–H and O–H groups in total. The van der Waals surface area contributed by atoms with Gasteiger partial charge in [0.2, 0.25) is 0 Å². The van der Waals surface area contributed by atoms with Crippen molar-refractivity contribution in [2.75, 3.05) is 27.4 Å². The van der Waals surface area contributed by atoms with Crippen LogP contribution in [0.1, 0.15) is 52.4 Å². The van der Waals surface area contributed by atoms with Crippen LogP contribution in [0.25, 0.3) is 21.2 Å². The predicted molar refractivity (Wildman–Crippen MR) is 123 cm³/mol. The van der Waals surface area contributed by atoms with E-state index in [1.54, 1.807) is 7.11 Å². The Morgan fingerprint density at radius 2 is 2.11 bits per heavy atom. The summed E-state index contributed by atoms with van der Waals surface area (Å²) in [5.74, 6) is -1.92. The number of hydrogen-bond donors (Lipinski definition) is 1. The fourth-order valence-corrected chi connectivity index (χ4v) is 6.85. The zero-order valence-corrected chi connectivity index (χ0v) is 20.1. The summed E-state index contributed by atoms with van der Waals surface area (Å²) >= 11 is 0. The van der Waals surface area contributed by atoms with Gasteiger partial charge in [0.25, 0.3) is 5.79 Å². The summed E-state index contributed by atoms with van der Waals surface area (Å²) in [4.78, 5) is 15.8. The average Bonchev–Trinajstić information content (AvgIpc) is 3.54. The number of carbonyl (C=O) groups is 1. The highest BCUT2D eigenvalue weighted by atomic mass is 16.8. The SMILES string of the molecule is COc1c2c(c(O)c3c4c(c(C)cc13)C1OC3(CN=[N+]=[N-])C[C@]5(CO5)[C@](OC)(O4)C1O3)C(=O)CCC2. The number of carbonyl (C=O) groups excluding carboxylic acids is 1. The van der Waals surface area contributed by atoms with Gasteiger partial charge in [-0.3, -0.25) is 4.79 Å². The zero-order valence-electron chi connectivity index (χ0n) is 20.1. The van der Waals surface area contributed by atoms with Gasteiger partial charge in [-0.05, 0) is 36.9 Å². The van der Waals surface area contributed by atoms with Crippen LogP contribution >= 0.6 is 0 Å². The van der Waals surface area contributed by atoms with E-state index in [0.717, 1.165) is 5.56 Å². The lowest BCUT2D eigenvalue weighted by Gasteiger charge is -2.49. The van der Waals surface area contributed by atoms with Crippen molar-refractivity contribution < 1.29 is 38.3 Å². The second kappa shape index (κ2) is 7.02. The molecule has 0 aromatic heterocycles. The van der Waals surface area contributed by atoms with Crippen molar-refractivity contribution in [1.82, 2.24) is 0 Å². The molecular formula is C25H25N3O8. The second-order valence-corrected chi connectivity index (χ2v) is 10.2. The highest BCUT2D eigenvalue weighted by molar-refractivity contribution is 6.11. The minimum Gasteiger partial charge on any atom is -0.506 e. The Bertz CT molecular complexity index is 1410. The third-order valence-corrected chi connectivity index (χ3v) is 8.37. The monoisotopic (exact) mass is 495 g/mol. The molecule has 11 nitrogen and oxygen atoms in total. The topological polar surface area (TPSA) is 145 Å². The molecule has 5 aliphatic rings. The van der Waals surface area contributed by atoms with Crippen LogP contribution in [0.5, 0.6) is 17.2 Å². The molecule has 3 saturated heterocycles. The number of ether oxygens (including phenoxy) is 6. The Labute approximate surface area is 205 Å². The molecule has 7 rings (SSSR count). The number of azide groups is 1. The first-order chi connectivity index (χ1) is 17.3. The van der Waals surface area contributed by atoms with E-state index in [0.29, 0.717) is 59.3 Å². The van der Waals surface area contributed by atoms with E-state index in [4.69, 9.17) is 34.0 Å². The summed E-state index contributed by atoms with van der Waals surface area (Å²) in [6, 6.07) is 1.92. The summed E-state index contributed by atoms with van der Waals surface area (Å²) in [6.45, 7) is 2.24. The second-order valence-electron chi connectivity index (χ2n) is 10.2. The Kier molecular flexibility index (Phi) is 4.32. The minimum atomic E-state index is -1.37. The molecule has 4 heterocycles. The third kappa shape index (κ3) is 2.47. The molecule has 2 bridgehead atoms. The van der Waals surface area contributed by atoms with Crippen molar-refractivity contribution in [3.63, 3.8) is 0 Å². The van der Waals surface area contributed by atoms with Crippen molar-refractivity contribution in [2.45, 2.75) is 62.0 Å². The van der Waals surface area contributed by atoms with Gasteiger partial charge in [0, 0.05) is 41.4 Å². The van der Waals surface area contributed by atoms with Crippen LogP contribution in [0.3, 0.4) is 0 Å². The Morgan fingerprint density at radius 1 is 1.31 bits per heavy atom. The van der Waals surface area contributed by atoms with Crippen LogP contribution < -0.4 is 9.47 Å². The molecule has 36 heavy (non-hydrogen) atoms. The maximum atomic E-state index is 13.0. The maximum absolute atomic E-state index is 13.0. The number of Topliss-reactive ketones (excluding diaryl/α,β-unsaturated/α-hetero) is 1. The average molecular weight is 495 g/mol. The van der Waals surface area contributed by atoms with Crippen molar-refractivity contribution in [3.05, 3.63) is 38.8 Å². The Morgan fingerprint density at radius 3 is 2.81 bits per heavy atom. The molecule has 188 valence electrons. The number of epoxide rings is 1. The molecule has 11 heteroatoms. The number of methoxy groups -OCH3 is 2. The molecule has 0 saturated carbocycles. The van der Waals surface area contributed by atoms with E-state index < -0.39 is 29.4 Å². The number of rotatable bonds is 4. The van der Waals surface area contributed by atoms with Crippen molar-refractivity contribution in [2.24, 2.45) is 5.11 Å². The standard InChI is InChI=1S/C25H25N3O8/c1-11-7-13-17(18(30)16-12(19(13)31-2)5-4-6-14(16)29)20-15(11)21-22-25(32-3,35-20)23(10-33-23)8-24(34-21,36-22)9-27-28-26/h7,21-22,30H,4-6,8-10H2,1-3H3/t21?,22?,23-,24?,25+/m0/s1. The zero-order chi connectivity index (χ0) is 25.0. The Balaban J connectivity index is 1.54. The number of hydrogen-bond acceptors (Lipinski definition) is 9. The number of phenolic OH excluding ortho intramolecular Hbond substituents is 1. The van der Waals surface area contributed by atoms with E-state index in [2.05, 4.69) is 10.0 Å². The molecule has 3 fully saturated rings. The molecule has 0 radical (unpaired) electrons. The van der Waals surface area contributed by atoms with Crippen molar-refractivity contribution in [1.29, 1.82) is 0 Å².